The van der Waals surface area contributed by atoms with Crippen molar-refractivity contribution in [1.29, 1.82) is 0 Å². The van der Waals surface area contributed by atoms with Gasteiger partial charge in [-0.2, -0.15) is 0 Å². The van der Waals surface area contributed by atoms with Crippen LogP contribution in [0, 0.1) is 11.8 Å². The molecule has 2 aliphatic rings. The molecule has 1 heterocycles. The summed E-state index contributed by atoms with van der Waals surface area (Å²) in [4.78, 5) is 0. The lowest BCUT2D eigenvalue weighted by Gasteiger charge is -2.15. The van der Waals surface area contributed by atoms with Crippen molar-refractivity contribution in [2.45, 2.75) is 12.3 Å². The Morgan fingerprint density at radius 2 is 2.13 bits per heavy atom. The lowest BCUT2D eigenvalue weighted by molar-refractivity contribution is 0.591. The van der Waals surface area contributed by atoms with Gasteiger partial charge >= 0.3 is 0 Å². The predicted molar refractivity (Wildman–Crippen MR) is 63.7 cm³/mol. The number of halogens is 2. The van der Waals surface area contributed by atoms with E-state index in [0.29, 0.717) is 15.5 Å². The molecule has 1 aliphatic heterocycles. The molecule has 80 valence electrons. The van der Waals surface area contributed by atoms with E-state index >= 15 is 0 Å². The van der Waals surface area contributed by atoms with Crippen molar-refractivity contribution >= 4 is 23.2 Å². The highest BCUT2D eigenvalue weighted by Gasteiger charge is 2.64. The van der Waals surface area contributed by atoms with Crippen molar-refractivity contribution in [3.63, 3.8) is 0 Å². The van der Waals surface area contributed by atoms with Gasteiger partial charge in [0.2, 0.25) is 0 Å². The van der Waals surface area contributed by atoms with Gasteiger partial charge in [-0.15, -0.1) is 0 Å². The zero-order valence-electron chi connectivity index (χ0n) is 8.56. The molecule has 1 aromatic rings. The first-order valence-electron chi connectivity index (χ1n) is 5.32. The summed E-state index contributed by atoms with van der Waals surface area (Å²) in [5.74, 6) is 1.56. The maximum atomic E-state index is 6.07. The minimum atomic E-state index is 0.341. The van der Waals surface area contributed by atoms with E-state index in [4.69, 9.17) is 23.2 Å². The van der Waals surface area contributed by atoms with Gasteiger partial charge in [-0.3, -0.25) is 0 Å². The monoisotopic (exact) mass is 241 g/mol. The lowest BCUT2D eigenvalue weighted by Crippen LogP contribution is -2.22. The molecule has 2 fully saturated rings. The zero-order chi connectivity index (χ0) is 10.6. The summed E-state index contributed by atoms with van der Waals surface area (Å²) < 4.78 is 0. The van der Waals surface area contributed by atoms with Crippen LogP contribution in [-0.2, 0) is 5.41 Å². The first-order chi connectivity index (χ1) is 7.16. The lowest BCUT2D eigenvalue weighted by atomic mass is 9.93. The number of fused-ring (bicyclic) bond motifs is 1. The highest BCUT2D eigenvalue weighted by Crippen LogP contribution is 2.61. The van der Waals surface area contributed by atoms with Crippen molar-refractivity contribution in [2.24, 2.45) is 11.8 Å². The number of piperidine rings is 1. The fraction of sp³-hybridized carbons (Fsp3) is 0.500. The average molecular weight is 242 g/mol. The molecule has 0 aromatic heterocycles. The standard InChI is InChI=1S/C12H13Cl2N/c1-7-9-5-15-6-12(7,9)8-2-3-10(13)11(14)4-8/h2-4,7,9,15H,5-6H2,1H3/t7?,9?,12-/m1/s1. The van der Waals surface area contributed by atoms with Gasteiger partial charge in [-0.05, 0) is 36.1 Å². The van der Waals surface area contributed by atoms with Crippen LogP contribution in [0.15, 0.2) is 18.2 Å². The van der Waals surface area contributed by atoms with E-state index in [2.05, 4.69) is 18.3 Å². The first-order valence-corrected chi connectivity index (χ1v) is 6.08. The number of hydrogen-bond acceptors (Lipinski definition) is 1. The van der Waals surface area contributed by atoms with Crippen LogP contribution < -0.4 is 5.32 Å². The second-order valence-electron chi connectivity index (χ2n) is 4.70. The highest BCUT2D eigenvalue weighted by atomic mass is 35.5. The van der Waals surface area contributed by atoms with E-state index in [9.17, 15) is 0 Å². The molecule has 0 radical (unpaired) electrons. The molecule has 2 unspecified atom stereocenters. The molecule has 1 nitrogen and oxygen atoms in total. The SMILES string of the molecule is CC1C2CNC[C@]12c1ccc(Cl)c(Cl)c1. The third kappa shape index (κ3) is 1.20. The number of rotatable bonds is 1. The molecule has 3 atom stereocenters. The second kappa shape index (κ2) is 3.13. The minimum Gasteiger partial charge on any atom is -0.316 e. The smallest absolute Gasteiger partial charge is 0.0595 e. The Hall–Kier alpha value is -0.240. The number of benzene rings is 1. The van der Waals surface area contributed by atoms with Crippen molar-refractivity contribution < 1.29 is 0 Å². The third-order valence-electron chi connectivity index (χ3n) is 4.21. The van der Waals surface area contributed by atoms with E-state index in [0.717, 1.165) is 24.9 Å². The second-order valence-corrected chi connectivity index (χ2v) is 5.51. The Balaban J connectivity index is 2.03. The molecule has 15 heavy (non-hydrogen) atoms. The summed E-state index contributed by atoms with van der Waals surface area (Å²) in [6, 6.07) is 6.07. The number of hydrogen-bond donors (Lipinski definition) is 1. The Morgan fingerprint density at radius 3 is 2.73 bits per heavy atom. The molecular weight excluding hydrogens is 229 g/mol. The van der Waals surface area contributed by atoms with Crippen LogP contribution in [0.4, 0.5) is 0 Å². The van der Waals surface area contributed by atoms with Crippen LogP contribution >= 0.6 is 23.2 Å². The Bertz CT molecular complexity index is 418. The van der Waals surface area contributed by atoms with E-state index in [1.165, 1.54) is 5.56 Å². The molecule has 0 amide bonds. The summed E-state index contributed by atoms with van der Waals surface area (Å²) in [5, 5.41) is 4.77. The van der Waals surface area contributed by atoms with Crippen LogP contribution in [-0.4, -0.2) is 13.1 Å². The molecular formula is C12H13Cl2N. The molecule has 1 saturated carbocycles. The Morgan fingerprint density at radius 1 is 1.33 bits per heavy atom. The largest absolute Gasteiger partial charge is 0.316 e. The highest BCUT2D eigenvalue weighted by molar-refractivity contribution is 6.42. The molecule has 0 spiro atoms. The van der Waals surface area contributed by atoms with Crippen LogP contribution in [0.1, 0.15) is 12.5 Å². The van der Waals surface area contributed by atoms with Gasteiger partial charge in [0.15, 0.2) is 0 Å². The Kier molecular flexibility index (Phi) is 2.08. The van der Waals surface area contributed by atoms with Crippen molar-refractivity contribution in [1.82, 2.24) is 5.32 Å². The zero-order valence-corrected chi connectivity index (χ0v) is 10.1. The van der Waals surface area contributed by atoms with Gasteiger partial charge in [0.05, 0.1) is 10.0 Å². The molecule has 1 aliphatic carbocycles. The molecule has 1 saturated heterocycles. The maximum absolute atomic E-state index is 6.07. The summed E-state index contributed by atoms with van der Waals surface area (Å²) in [7, 11) is 0. The van der Waals surface area contributed by atoms with Gasteiger partial charge in [0.1, 0.15) is 0 Å². The molecule has 1 aromatic carbocycles. The van der Waals surface area contributed by atoms with Crippen LogP contribution in [0.2, 0.25) is 10.0 Å². The van der Waals surface area contributed by atoms with E-state index in [-0.39, 0.29) is 0 Å². The van der Waals surface area contributed by atoms with Gasteiger partial charge < -0.3 is 5.32 Å². The Labute approximate surface area is 99.8 Å². The van der Waals surface area contributed by atoms with Gasteiger partial charge in [-0.1, -0.05) is 36.2 Å². The molecule has 3 heteroatoms. The molecule has 1 N–H and O–H groups in total. The quantitative estimate of drug-likeness (QED) is 0.797. The summed E-state index contributed by atoms with van der Waals surface area (Å²) in [6.07, 6.45) is 0. The predicted octanol–water partition coefficient (Wildman–Crippen LogP) is 3.10. The summed E-state index contributed by atoms with van der Waals surface area (Å²) in [5.41, 5.74) is 1.69. The van der Waals surface area contributed by atoms with Gasteiger partial charge in [-0.25, -0.2) is 0 Å². The van der Waals surface area contributed by atoms with Crippen molar-refractivity contribution in [3.05, 3.63) is 33.8 Å². The fourth-order valence-corrected chi connectivity index (χ4v) is 3.47. The van der Waals surface area contributed by atoms with Crippen LogP contribution in [0.25, 0.3) is 0 Å². The minimum absolute atomic E-state index is 0.341. The topological polar surface area (TPSA) is 12.0 Å². The van der Waals surface area contributed by atoms with Crippen LogP contribution in [0.3, 0.4) is 0 Å². The van der Waals surface area contributed by atoms with E-state index < -0.39 is 0 Å². The van der Waals surface area contributed by atoms with Crippen molar-refractivity contribution in [3.8, 4) is 0 Å². The third-order valence-corrected chi connectivity index (χ3v) is 4.95. The summed E-state index contributed by atoms with van der Waals surface area (Å²) >= 11 is 12.0. The molecule has 0 bridgehead atoms. The van der Waals surface area contributed by atoms with Gasteiger partial charge in [0.25, 0.3) is 0 Å². The van der Waals surface area contributed by atoms with Gasteiger partial charge in [0, 0.05) is 12.0 Å². The fourth-order valence-electron chi connectivity index (χ4n) is 3.18. The molecule has 3 rings (SSSR count). The number of nitrogens with one attached hydrogen (secondary N) is 1. The van der Waals surface area contributed by atoms with Crippen LogP contribution in [0.5, 0.6) is 0 Å². The van der Waals surface area contributed by atoms with E-state index in [1.54, 1.807) is 0 Å². The summed E-state index contributed by atoms with van der Waals surface area (Å²) in [6.45, 7) is 4.55. The van der Waals surface area contributed by atoms with E-state index in [1.807, 2.05) is 12.1 Å². The maximum Gasteiger partial charge on any atom is 0.0595 e. The van der Waals surface area contributed by atoms with Crippen molar-refractivity contribution in [2.75, 3.05) is 13.1 Å². The first kappa shape index (κ1) is 9.95. The average Bonchev–Trinajstić information content (AvgIpc) is 2.64. The normalized spacial score (nSPS) is 37.8.